The number of sulfonamides is 1. The van der Waals surface area contributed by atoms with Crippen LogP contribution in [0.25, 0.3) is 0 Å². The molecule has 0 aliphatic carbocycles. The number of benzene rings is 3. The molecule has 3 aromatic carbocycles. The number of rotatable bonds is 10. The average molecular weight is 556 g/mol. The molecule has 1 fully saturated rings. The van der Waals surface area contributed by atoms with Gasteiger partial charge in [-0.05, 0) is 87.2 Å². The highest BCUT2D eigenvalue weighted by molar-refractivity contribution is 7.92. The van der Waals surface area contributed by atoms with E-state index in [4.69, 9.17) is 16.3 Å². The smallest absolute Gasteiger partial charge is 0.264 e. The zero-order valence-corrected chi connectivity index (χ0v) is 23.3. The van der Waals surface area contributed by atoms with Gasteiger partial charge in [0.15, 0.2) is 0 Å². The van der Waals surface area contributed by atoms with Gasteiger partial charge < -0.3 is 15.0 Å². The van der Waals surface area contributed by atoms with Crippen LogP contribution in [0.15, 0.2) is 77.7 Å². The van der Waals surface area contributed by atoms with Crippen LogP contribution in [0.1, 0.15) is 44.7 Å². The van der Waals surface area contributed by atoms with Gasteiger partial charge in [0.25, 0.3) is 10.0 Å². The fraction of sp³-hybridized carbons (Fsp3) is 0.345. The van der Waals surface area contributed by atoms with Crippen LogP contribution >= 0.6 is 11.6 Å². The molecule has 1 heterocycles. The van der Waals surface area contributed by atoms with Crippen LogP contribution in [0.3, 0.4) is 0 Å². The molecule has 0 spiro atoms. The summed E-state index contributed by atoms with van der Waals surface area (Å²) >= 11 is 5.98. The van der Waals surface area contributed by atoms with Crippen LogP contribution in [0, 0.1) is 0 Å². The standard InChI is InChI=1S/C29H34ClN3O4S/c1-3-37-28-10-6-5-9-27(28)33(38(35,36)26-17-13-24(30)14-18-26)21-29(34)31-22(2)23-11-15-25(16-12-23)32-19-7-4-8-20-32/h5-6,9-18,22H,3-4,7-8,19-21H2,1-2H3,(H,31,34). The van der Waals surface area contributed by atoms with Gasteiger partial charge in [0, 0.05) is 23.8 Å². The topological polar surface area (TPSA) is 79.0 Å². The van der Waals surface area contributed by atoms with E-state index < -0.39 is 22.5 Å². The molecule has 0 aromatic heterocycles. The second-order valence-electron chi connectivity index (χ2n) is 9.29. The van der Waals surface area contributed by atoms with E-state index in [2.05, 4.69) is 22.3 Å². The first kappa shape index (κ1) is 27.8. The Kier molecular flexibility index (Phi) is 9.17. The van der Waals surface area contributed by atoms with E-state index in [-0.39, 0.29) is 16.6 Å². The molecule has 1 amide bonds. The Hall–Kier alpha value is -3.23. The minimum absolute atomic E-state index is 0.0300. The quantitative estimate of drug-likeness (QED) is 0.342. The van der Waals surface area contributed by atoms with Crippen molar-refractivity contribution in [1.82, 2.24) is 5.32 Å². The van der Waals surface area contributed by atoms with E-state index in [0.29, 0.717) is 17.4 Å². The van der Waals surface area contributed by atoms with Crippen molar-refractivity contribution in [2.24, 2.45) is 0 Å². The van der Waals surface area contributed by atoms with Crippen molar-refractivity contribution in [3.63, 3.8) is 0 Å². The maximum absolute atomic E-state index is 13.7. The predicted octanol–water partition coefficient (Wildman–Crippen LogP) is 5.80. The maximum Gasteiger partial charge on any atom is 0.264 e. The van der Waals surface area contributed by atoms with Gasteiger partial charge >= 0.3 is 0 Å². The third-order valence-electron chi connectivity index (χ3n) is 6.61. The average Bonchev–Trinajstić information content (AvgIpc) is 2.93. The van der Waals surface area contributed by atoms with Crippen LogP contribution in [0.5, 0.6) is 5.75 Å². The molecule has 9 heteroatoms. The second kappa shape index (κ2) is 12.5. The molecule has 0 bridgehead atoms. The molecular formula is C29H34ClN3O4S. The predicted molar refractivity (Wildman–Crippen MR) is 153 cm³/mol. The van der Waals surface area contributed by atoms with Gasteiger partial charge in [-0.25, -0.2) is 8.42 Å². The summed E-state index contributed by atoms with van der Waals surface area (Å²) in [6, 6.07) is 20.6. The van der Waals surface area contributed by atoms with E-state index >= 15 is 0 Å². The molecule has 1 N–H and O–H groups in total. The summed E-state index contributed by atoms with van der Waals surface area (Å²) in [7, 11) is -4.10. The Morgan fingerprint density at radius 3 is 2.32 bits per heavy atom. The molecule has 1 aliphatic rings. The number of piperidine rings is 1. The SMILES string of the molecule is CCOc1ccccc1N(CC(=O)NC(C)c1ccc(N2CCCCC2)cc1)S(=O)(=O)c1ccc(Cl)cc1. The van der Waals surface area contributed by atoms with Crippen molar-refractivity contribution in [3.05, 3.63) is 83.4 Å². The summed E-state index contributed by atoms with van der Waals surface area (Å²) in [5.74, 6) is -0.0527. The van der Waals surface area contributed by atoms with E-state index in [1.807, 2.05) is 26.0 Å². The highest BCUT2D eigenvalue weighted by Gasteiger charge is 2.30. The molecular weight excluding hydrogens is 522 g/mol. The Balaban J connectivity index is 1.55. The molecule has 1 saturated heterocycles. The zero-order chi connectivity index (χ0) is 27.1. The highest BCUT2D eigenvalue weighted by atomic mass is 35.5. The number of halogens is 1. The molecule has 202 valence electrons. The van der Waals surface area contributed by atoms with Gasteiger partial charge in [0.05, 0.1) is 23.2 Å². The summed E-state index contributed by atoms with van der Waals surface area (Å²) in [5.41, 5.74) is 2.42. The number of anilines is 2. The lowest BCUT2D eigenvalue weighted by Crippen LogP contribution is -2.41. The van der Waals surface area contributed by atoms with Crippen molar-refractivity contribution in [2.45, 2.75) is 44.0 Å². The minimum Gasteiger partial charge on any atom is -0.492 e. The van der Waals surface area contributed by atoms with Crippen molar-refractivity contribution in [2.75, 3.05) is 35.4 Å². The molecule has 1 atom stereocenters. The third-order valence-corrected chi connectivity index (χ3v) is 8.64. The Labute approximate surface area is 230 Å². The fourth-order valence-corrected chi connectivity index (χ4v) is 6.16. The number of nitrogens with zero attached hydrogens (tertiary/aromatic N) is 2. The highest BCUT2D eigenvalue weighted by Crippen LogP contribution is 2.33. The molecule has 1 unspecified atom stereocenters. The maximum atomic E-state index is 13.7. The monoisotopic (exact) mass is 555 g/mol. The molecule has 3 aromatic rings. The number of carbonyl (C=O) groups excluding carboxylic acids is 1. The third kappa shape index (κ3) is 6.60. The summed E-state index contributed by atoms with van der Waals surface area (Å²) < 4.78 is 34.2. The van der Waals surface area contributed by atoms with Gasteiger partial charge in [-0.1, -0.05) is 35.9 Å². The van der Waals surface area contributed by atoms with Gasteiger partial charge in [-0.3, -0.25) is 9.10 Å². The molecule has 7 nitrogen and oxygen atoms in total. The summed E-state index contributed by atoms with van der Waals surface area (Å²) in [5, 5.41) is 3.38. The normalized spacial score (nSPS) is 14.6. The number of hydrogen-bond donors (Lipinski definition) is 1. The largest absolute Gasteiger partial charge is 0.492 e. The van der Waals surface area contributed by atoms with E-state index in [0.717, 1.165) is 23.0 Å². The molecule has 4 rings (SSSR count). The van der Waals surface area contributed by atoms with Gasteiger partial charge in [0.1, 0.15) is 12.3 Å². The lowest BCUT2D eigenvalue weighted by molar-refractivity contribution is -0.120. The molecule has 1 aliphatic heterocycles. The van der Waals surface area contributed by atoms with Crippen LogP contribution in [-0.2, 0) is 14.8 Å². The van der Waals surface area contributed by atoms with Crippen LogP contribution < -0.4 is 19.3 Å². The first-order chi connectivity index (χ1) is 18.3. The minimum atomic E-state index is -4.10. The van der Waals surface area contributed by atoms with Crippen molar-refractivity contribution >= 4 is 38.9 Å². The van der Waals surface area contributed by atoms with Gasteiger partial charge in [-0.2, -0.15) is 0 Å². The van der Waals surface area contributed by atoms with Gasteiger partial charge in [0.2, 0.25) is 5.91 Å². The summed E-state index contributed by atoms with van der Waals surface area (Å²) in [4.78, 5) is 15.6. The lowest BCUT2D eigenvalue weighted by Gasteiger charge is -2.29. The van der Waals surface area contributed by atoms with Crippen LogP contribution in [-0.4, -0.2) is 40.6 Å². The Morgan fingerprint density at radius 1 is 1.00 bits per heavy atom. The second-order valence-corrected chi connectivity index (χ2v) is 11.6. The first-order valence-corrected chi connectivity index (χ1v) is 14.8. The van der Waals surface area contributed by atoms with Gasteiger partial charge in [-0.15, -0.1) is 0 Å². The van der Waals surface area contributed by atoms with E-state index in [1.54, 1.807) is 24.3 Å². The summed E-state index contributed by atoms with van der Waals surface area (Å²) in [6.07, 6.45) is 3.68. The molecule has 0 saturated carbocycles. The Bertz CT molecular complexity index is 1320. The van der Waals surface area contributed by atoms with E-state index in [9.17, 15) is 13.2 Å². The number of ether oxygens (including phenoxy) is 1. The number of amides is 1. The Morgan fingerprint density at radius 2 is 1.66 bits per heavy atom. The molecule has 0 radical (unpaired) electrons. The fourth-order valence-electron chi connectivity index (χ4n) is 4.60. The van der Waals surface area contributed by atoms with Crippen molar-refractivity contribution < 1.29 is 17.9 Å². The van der Waals surface area contributed by atoms with Crippen LogP contribution in [0.4, 0.5) is 11.4 Å². The number of para-hydroxylation sites is 2. The van der Waals surface area contributed by atoms with E-state index in [1.165, 1.54) is 49.2 Å². The van der Waals surface area contributed by atoms with Crippen molar-refractivity contribution in [3.8, 4) is 5.75 Å². The zero-order valence-electron chi connectivity index (χ0n) is 21.8. The lowest BCUT2D eigenvalue weighted by atomic mass is 10.1. The van der Waals surface area contributed by atoms with Crippen molar-refractivity contribution in [1.29, 1.82) is 0 Å². The van der Waals surface area contributed by atoms with Crippen LogP contribution in [0.2, 0.25) is 5.02 Å². The number of hydrogen-bond acceptors (Lipinski definition) is 5. The first-order valence-electron chi connectivity index (χ1n) is 12.9. The number of carbonyl (C=O) groups is 1. The number of nitrogens with one attached hydrogen (secondary N) is 1. The molecule has 38 heavy (non-hydrogen) atoms. The summed E-state index contributed by atoms with van der Waals surface area (Å²) in [6.45, 7) is 5.77.